The van der Waals surface area contributed by atoms with Crippen molar-refractivity contribution >= 4 is 11.9 Å². The van der Waals surface area contributed by atoms with E-state index in [2.05, 4.69) is 0 Å². The van der Waals surface area contributed by atoms with Crippen molar-refractivity contribution in [3.63, 3.8) is 0 Å². The molecule has 2 bridgehead atoms. The number of carbonyl (C=O) groups is 2. The maximum absolute atomic E-state index is 12.4. The van der Waals surface area contributed by atoms with Crippen LogP contribution in [0.4, 0.5) is 0 Å². The van der Waals surface area contributed by atoms with Crippen molar-refractivity contribution in [3.8, 4) is 0 Å². The molecule has 4 rings (SSSR count). The zero-order valence-corrected chi connectivity index (χ0v) is 18.2. The highest BCUT2D eigenvalue weighted by Gasteiger charge is 2.85. The summed E-state index contributed by atoms with van der Waals surface area (Å²) in [7, 11) is 0. The first-order valence-electron chi connectivity index (χ1n) is 10.7. The third-order valence-corrected chi connectivity index (χ3v) is 7.74. The van der Waals surface area contributed by atoms with E-state index in [1.54, 1.807) is 0 Å². The van der Waals surface area contributed by atoms with Gasteiger partial charge in [-0.3, -0.25) is 9.59 Å². The number of ether oxygens (including phenoxy) is 4. The summed E-state index contributed by atoms with van der Waals surface area (Å²) in [5, 5.41) is 21.9. The molecule has 1 saturated carbocycles. The SMILES string of the molecule is CC(=O)OC[C@]12C[C@H](OC(=O)CC(C)C)C(C)=C[C@H]1O[C@@H]1[C@H](O)[C@@H](O)[C@]2(C)[C@]12CO2. The van der Waals surface area contributed by atoms with E-state index < -0.39 is 52.9 Å². The average Bonchev–Trinajstić information content (AvgIpc) is 3.43. The fraction of sp³-hybridized carbons (Fsp3) is 0.818. The van der Waals surface area contributed by atoms with E-state index in [0.29, 0.717) is 19.4 Å². The Morgan fingerprint density at radius 1 is 1.33 bits per heavy atom. The van der Waals surface area contributed by atoms with Crippen LogP contribution in [0.2, 0.25) is 0 Å². The van der Waals surface area contributed by atoms with Gasteiger partial charge in [0, 0.05) is 30.6 Å². The number of aliphatic hydroxyl groups excluding tert-OH is 2. The molecule has 0 radical (unpaired) electrons. The molecule has 0 unspecified atom stereocenters. The van der Waals surface area contributed by atoms with Crippen LogP contribution >= 0.6 is 0 Å². The van der Waals surface area contributed by atoms with Crippen molar-refractivity contribution in [1.82, 2.24) is 0 Å². The van der Waals surface area contributed by atoms with Crippen molar-refractivity contribution in [1.29, 1.82) is 0 Å². The molecule has 1 spiro atoms. The number of hydrogen-bond donors (Lipinski definition) is 2. The summed E-state index contributed by atoms with van der Waals surface area (Å²) in [6.07, 6.45) is -1.50. The fourth-order valence-electron chi connectivity index (χ4n) is 5.92. The number of carbonyl (C=O) groups excluding carboxylic acids is 2. The Hall–Kier alpha value is -1.48. The lowest BCUT2D eigenvalue weighted by Crippen LogP contribution is -2.67. The standard InChI is InChI=1S/C22H32O8/c1-11(2)6-16(24)29-14-8-21(9-27-13(4)23)15(7-12(14)3)30-19-17(25)18(26)20(21,5)22(19)10-28-22/h7,11,14-15,17-19,25-26H,6,8-10H2,1-5H3/t14-,15+,17+,18+,19+,20-,21+,22-/m0/s1. The molecule has 30 heavy (non-hydrogen) atoms. The lowest BCUT2D eigenvalue weighted by molar-refractivity contribution is -0.239. The fourth-order valence-corrected chi connectivity index (χ4v) is 5.92. The molecule has 0 aromatic heterocycles. The smallest absolute Gasteiger partial charge is 0.306 e. The van der Waals surface area contributed by atoms with E-state index in [-0.39, 0.29) is 18.5 Å². The predicted octanol–water partition coefficient (Wildman–Crippen LogP) is 1.12. The Kier molecular flexibility index (Phi) is 5.09. The summed E-state index contributed by atoms with van der Waals surface area (Å²) in [4.78, 5) is 24.1. The molecule has 2 N–H and O–H groups in total. The van der Waals surface area contributed by atoms with Crippen molar-refractivity contribution in [2.24, 2.45) is 16.7 Å². The summed E-state index contributed by atoms with van der Waals surface area (Å²) >= 11 is 0. The second-order valence-corrected chi connectivity index (χ2v) is 9.92. The number of aliphatic hydroxyl groups is 2. The van der Waals surface area contributed by atoms with E-state index in [9.17, 15) is 19.8 Å². The van der Waals surface area contributed by atoms with Crippen molar-refractivity contribution in [3.05, 3.63) is 11.6 Å². The number of hydrogen-bond acceptors (Lipinski definition) is 8. The zero-order chi connectivity index (χ0) is 22.1. The van der Waals surface area contributed by atoms with Gasteiger partial charge in [-0.15, -0.1) is 0 Å². The van der Waals surface area contributed by atoms with Gasteiger partial charge in [-0.1, -0.05) is 26.8 Å². The van der Waals surface area contributed by atoms with Crippen LogP contribution in [-0.4, -0.2) is 71.5 Å². The highest BCUT2D eigenvalue weighted by Crippen LogP contribution is 2.71. The summed E-state index contributed by atoms with van der Waals surface area (Å²) in [6.45, 7) is 9.28. The van der Waals surface area contributed by atoms with Gasteiger partial charge >= 0.3 is 11.9 Å². The van der Waals surface area contributed by atoms with Crippen molar-refractivity contribution < 1.29 is 38.7 Å². The van der Waals surface area contributed by atoms with E-state index in [1.165, 1.54) is 6.92 Å². The normalized spacial score (nSPS) is 46.4. The third kappa shape index (κ3) is 2.80. The Labute approximate surface area is 176 Å². The van der Waals surface area contributed by atoms with Crippen LogP contribution in [0.15, 0.2) is 11.6 Å². The van der Waals surface area contributed by atoms with Gasteiger partial charge in [0.1, 0.15) is 30.5 Å². The van der Waals surface area contributed by atoms with Gasteiger partial charge in [0.25, 0.3) is 0 Å². The second-order valence-electron chi connectivity index (χ2n) is 9.92. The minimum Gasteiger partial charge on any atom is -0.465 e. The lowest BCUT2D eigenvalue weighted by Gasteiger charge is -2.58. The summed E-state index contributed by atoms with van der Waals surface area (Å²) in [5.41, 5.74) is -1.89. The Balaban J connectivity index is 1.75. The molecule has 2 aliphatic heterocycles. The summed E-state index contributed by atoms with van der Waals surface area (Å²) < 4.78 is 23.4. The molecule has 8 atom stereocenters. The van der Waals surface area contributed by atoms with Gasteiger partial charge in [-0.05, 0) is 18.4 Å². The Morgan fingerprint density at radius 2 is 2.00 bits per heavy atom. The molecule has 8 heteroatoms. The quantitative estimate of drug-likeness (QED) is 0.383. The van der Waals surface area contributed by atoms with E-state index in [1.807, 2.05) is 33.8 Å². The van der Waals surface area contributed by atoms with Crippen LogP contribution in [0.1, 0.15) is 47.5 Å². The molecule has 8 nitrogen and oxygen atoms in total. The summed E-state index contributed by atoms with van der Waals surface area (Å²) in [5.74, 6) is -0.584. The molecular formula is C22H32O8. The van der Waals surface area contributed by atoms with E-state index in [0.717, 1.165) is 5.57 Å². The Bertz CT molecular complexity index is 771. The molecular weight excluding hydrogens is 392 g/mol. The molecule has 0 aromatic carbocycles. The lowest BCUT2D eigenvalue weighted by atomic mass is 9.51. The van der Waals surface area contributed by atoms with Gasteiger partial charge in [-0.25, -0.2) is 0 Å². The van der Waals surface area contributed by atoms with Crippen LogP contribution in [0, 0.1) is 16.7 Å². The van der Waals surface area contributed by atoms with Gasteiger partial charge < -0.3 is 29.2 Å². The molecule has 168 valence electrons. The molecule has 4 aliphatic rings. The van der Waals surface area contributed by atoms with E-state index in [4.69, 9.17) is 18.9 Å². The van der Waals surface area contributed by atoms with Crippen molar-refractivity contribution in [2.75, 3.05) is 13.2 Å². The molecule has 0 aromatic rings. The van der Waals surface area contributed by atoms with Crippen molar-refractivity contribution in [2.45, 2.75) is 83.6 Å². The van der Waals surface area contributed by atoms with Gasteiger partial charge in [-0.2, -0.15) is 0 Å². The third-order valence-electron chi connectivity index (χ3n) is 7.74. The molecule has 2 aliphatic carbocycles. The van der Waals surface area contributed by atoms with Gasteiger partial charge in [0.15, 0.2) is 0 Å². The predicted molar refractivity (Wildman–Crippen MR) is 104 cm³/mol. The first kappa shape index (κ1) is 21.7. The number of fused-ring (bicyclic) bond motifs is 2. The second kappa shape index (κ2) is 7.02. The zero-order valence-electron chi connectivity index (χ0n) is 18.2. The van der Waals surface area contributed by atoms with Crippen LogP contribution in [0.25, 0.3) is 0 Å². The number of esters is 2. The molecule has 0 amide bonds. The maximum Gasteiger partial charge on any atom is 0.306 e. The van der Waals surface area contributed by atoms with Crippen LogP contribution in [-0.2, 0) is 28.5 Å². The Morgan fingerprint density at radius 3 is 2.57 bits per heavy atom. The maximum atomic E-state index is 12.4. The topological polar surface area (TPSA) is 115 Å². The van der Waals surface area contributed by atoms with Crippen LogP contribution in [0.5, 0.6) is 0 Å². The molecule has 2 heterocycles. The number of epoxide rings is 1. The summed E-state index contributed by atoms with van der Waals surface area (Å²) in [6, 6.07) is 0. The van der Waals surface area contributed by atoms with Gasteiger partial charge in [0.2, 0.25) is 0 Å². The minimum atomic E-state index is -1.13. The molecule has 3 fully saturated rings. The van der Waals surface area contributed by atoms with Crippen LogP contribution < -0.4 is 0 Å². The highest BCUT2D eigenvalue weighted by molar-refractivity contribution is 5.70. The largest absolute Gasteiger partial charge is 0.465 e. The first-order chi connectivity index (χ1) is 14.0. The van der Waals surface area contributed by atoms with Crippen LogP contribution in [0.3, 0.4) is 0 Å². The minimum absolute atomic E-state index is 0.0346. The monoisotopic (exact) mass is 424 g/mol. The van der Waals surface area contributed by atoms with E-state index >= 15 is 0 Å². The number of rotatable bonds is 5. The molecule has 2 saturated heterocycles. The first-order valence-corrected chi connectivity index (χ1v) is 10.7. The average molecular weight is 424 g/mol. The van der Waals surface area contributed by atoms with Gasteiger partial charge in [0.05, 0.1) is 18.8 Å². The highest BCUT2D eigenvalue weighted by atomic mass is 16.6.